The monoisotopic (exact) mass is 326 g/mol. The highest BCUT2D eigenvalue weighted by Gasteiger charge is 2.22. The van der Waals surface area contributed by atoms with Crippen LogP contribution in [0.25, 0.3) is 0 Å². The van der Waals surface area contributed by atoms with Gasteiger partial charge >= 0.3 is 0 Å². The van der Waals surface area contributed by atoms with E-state index in [0.29, 0.717) is 0 Å². The third kappa shape index (κ3) is 4.16. The number of piperazine rings is 1. The molecule has 0 amide bonds. The predicted octanol–water partition coefficient (Wildman–Crippen LogP) is 0.853. The van der Waals surface area contributed by atoms with E-state index >= 15 is 0 Å². The first kappa shape index (κ1) is 17.0. The molecule has 3 nitrogen and oxygen atoms in total. The summed E-state index contributed by atoms with van der Waals surface area (Å²) in [5.74, 6) is 0.977. The highest BCUT2D eigenvalue weighted by Crippen LogP contribution is 2.32. The van der Waals surface area contributed by atoms with Crippen molar-refractivity contribution in [1.29, 1.82) is 0 Å². The van der Waals surface area contributed by atoms with Crippen molar-refractivity contribution in [2.45, 2.75) is 19.3 Å². The molecule has 1 aliphatic heterocycles. The molecule has 3 rings (SSSR count). The van der Waals surface area contributed by atoms with Crippen molar-refractivity contribution in [3.63, 3.8) is 0 Å². The molecule has 0 bridgehead atoms. The standard InChI is InChI=1S/C21H28N2O/c1-21(2,18-6-4-3-5-7-18)19-8-10-20(11-9-19)24-17-16-23-14-12-22-13-15-23/h3-11,22H,12-17H2,1-2H3/p+2. The Morgan fingerprint density at radius 1 is 0.917 bits per heavy atom. The molecule has 128 valence electrons. The van der Waals surface area contributed by atoms with Gasteiger partial charge in [-0.05, 0) is 23.3 Å². The lowest BCUT2D eigenvalue weighted by atomic mass is 9.78. The lowest BCUT2D eigenvalue weighted by molar-refractivity contribution is -0.946. The molecule has 0 atom stereocenters. The third-order valence-electron chi connectivity index (χ3n) is 5.20. The van der Waals surface area contributed by atoms with E-state index in [1.165, 1.54) is 37.3 Å². The number of hydrogen-bond acceptors (Lipinski definition) is 1. The molecular formula is C21H30N2O+2. The third-order valence-corrected chi connectivity index (χ3v) is 5.20. The van der Waals surface area contributed by atoms with E-state index in [9.17, 15) is 0 Å². The Kier molecular flexibility index (Phi) is 5.54. The van der Waals surface area contributed by atoms with E-state index in [4.69, 9.17) is 4.74 Å². The van der Waals surface area contributed by atoms with Crippen LogP contribution in [0, 0.1) is 0 Å². The molecule has 2 aromatic carbocycles. The second-order valence-corrected chi connectivity index (χ2v) is 7.23. The van der Waals surface area contributed by atoms with Gasteiger partial charge in [-0.3, -0.25) is 0 Å². The van der Waals surface area contributed by atoms with Crippen LogP contribution in [-0.2, 0) is 5.41 Å². The normalized spacial score (nSPS) is 16.1. The zero-order valence-electron chi connectivity index (χ0n) is 14.9. The fraction of sp³-hybridized carbons (Fsp3) is 0.429. The van der Waals surface area contributed by atoms with Crippen LogP contribution >= 0.6 is 0 Å². The second kappa shape index (κ2) is 7.82. The second-order valence-electron chi connectivity index (χ2n) is 7.23. The van der Waals surface area contributed by atoms with E-state index in [0.717, 1.165) is 18.9 Å². The highest BCUT2D eigenvalue weighted by atomic mass is 16.5. The van der Waals surface area contributed by atoms with Gasteiger partial charge in [0.15, 0.2) is 0 Å². The van der Waals surface area contributed by atoms with Crippen LogP contribution in [0.3, 0.4) is 0 Å². The zero-order chi connectivity index (χ0) is 16.8. The first-order chi connectivity index (χ1) is 11.7. The molecule has 3 heteroatoms. The van der Waals surface area contributed by atoms with E-state index in [-0.39, 0.29) is 5.41 Å². The van der Waals surface area contributed by atoms with Crippen LogP contribution in [0.5, 0.6) is 5.75 Å². The average molecular weight is 326 g/mol. The van der Waals surface area contributed by atoms with Crippen LogP contribution < -0.4 is 15.0 Å². The SMILES string of the molecule is CC(C)(c1ccccc1)c1ccc(OCC[NH+]2CC[NH2+]CC2)cc1. The van der Waals surface area contributed by atoms with Gasteiger partial charge in [0.05, 0.1) is 0 Å². The Morgan fingerprint density at radius 3 is 2.21 bits per heavy atom. The van der Waals surface area contributed by atoms with Crippen molar-refractivity contribution < 1.29 is 15.0 Å². The molecule has 1 fully saturated rings. The molecule has 0 radical (unpaired) electrons. The molecule has 0 saturated carbocycles. The summed E-state index contributed by atoms with van der Waals surface area (Å²) in [5, 5.41) is 2.40. The summed E-state index contributed by atoms with van der Waals surface area (Å²) in [6.45, 7) is 11.5. The van der Waals surface area contributed by atoms with E-state index in [1.807, 2.05) is 0 Å². The summed E-state index contributed by atoms with van der Waals surface area (Å²) < 4.78 is 5.95. The molecule has 3 N–H and O–H groups in total. The fourth-order valence-electron chi connectivity index (χ4n) is 3.43. The first-order valence-electron chi connectivity index (χ1n) is 9.10. The minimum Gasteiger partial charge on any atom is -0.488 e. The fourth-order valence-corrected chi connectivity index (χ4v) is 3.43. The Bertz CT molecular complexity index is 616. The predicted molar refractivity (Wildman–Crippen MR) is 97.7 cm³/mol. The summed E-state index contributed by atoms with van der Waals surface area (Å²) in [6, 6.07) is 19.3. The van der Waals surface area contributed by atoms with Gasteiger partial charge in [0.1, 0.15) is 45.1 Å². The Hall–Kier alpha value is -1.84. The minimum absolute atomic E-state index is 0.00817. The topological polar surface area (TPSA) is 30.3 Å². The van der Waals surface area contributed by atoms with Gasteiger partial charge < -0.3 is 15.0 Å². The molecule has 0 aromatic heterocycles. The minimum atomic E-state index is 0.00817. The zero-order valence-corrected chi connectivity index (χ0v) is 14.9. The Labute approximate surface area is 145 Å². The van der Waals surface area contributed by atoms with Crippen LogP contribution in [0.1, 0.15) is 25.0 Å². The highest BCUT2D eigenvalue weighted by molar-refractivity contribution is 5.39. The van der Waals surface area contributed by atoms with E-state index < -0.39 is 0 Å². The van der Waals surface area contributed by atoms with Crippen molar-refractivity contribution in [2.24, 2.45) is 0 Å². The van der Waals surface area contributed by atoms with E-state index in [2.05, 4.69) is 73.8 Å². The van der Waals surface area contributed by atoms with Crippen molar-refractivity contribution in [3.05, 3.63) is 65.7 Å². The molecule has 2 aromatic rings. The van der Waals surface area contributed by atoms with Crippen molar-refractivity contribution >= 4 is 0 Å². The lowest BCUT2D eigenvalue weighted by Gasteiger charge is -2.26. The molecule has 1 saturated heterocycles. The van der Waals surface area contributed by atoms with Crippen LogP contribution in [-0.4, -0.2) is 39.3 Å². The summed E-state index contributed by atoms with van der Waals surface area (Å²) in [4.78, 5) is 1.67. The average Bonchev–Trinajstić information content (AvgIpc) is 2.64. The summed E-state index contributed by atoms with van der Waals surface area (Å²) in [5.41, 5.74) is 2.66. The van der Waals surface area contributed by atoms with Crippen molar-refractivity contribution in [3.8, 4) is 5.75 Å². The number of hydrogen-bond donors (Lipinski definition) is 2. The number of nitrogens with two attached hydrogens (primary N) is 1. The maximum atomic E-state index is 5.95. The summed E-state index contributed by atoms with van der Waals surface area (Å²) in [7, 11) is 0. The number of benzene rings is 2. The molecule has 1 heterocycles. The quantitative estimate of drug-likeness (QED) is 0.810. The number of ether oxygens (including phenoxy) is 1. The van der Waals surface area contributed by atoms with Crippen molar-refractivity contribution in [1.82, 2.24) is 0 Å². The van der Waals surface area contributed by atoms with Crippen LogP contribution in [0.2, 0.25) is 0 Å². The number of rotatable bonds is 6. The van der Waals surface area contributed by atoms with Crippen LogP contribution in [0.15, 0.2) is 54.6 Å². The Balaban J connectivity index is 1.57. The molecular weight excluding hydrogens is 296 g/mol. The first-order valence-corrected chi connectivity index (χ1v) is 9.10. The Morgan fingerprint density at radius 2 is 1.54 bits per heavy atom. The lowest BCUT2D eigenvalue weighted by Crippen LogP contribution is -3.20. The van der Waals surface area contributed by atoms with Gasteiger partial charge in [-0.2, -0.15) is 0 Å². The number of nitrogens with one attached hydrogen (secondary N) is 1. The molecule has 0 aliphatic carbocycles. The maximum absolute atomic E-state index is 5.95. The summed E-state index contributed by atoms with van der Waals surface area (Å²) >= 11 is 0. The van der Waals surface area contributed by atoms with Gasteiger partial charge in [-0.15, -0.1) is 0 Å². The van der Waals surface area contributed by atoms with Crippen LogP contribution in [0.4, 0.5) is 0 Å². The van der Waals surface area contributed by atoms with Gasteiger partial charge in [-0.25, -0.2) is 0 Å². The van der Waals surface area contributed by atoms with Gasteiger partial charge in [0.2, 0.25) is 0 Å². The van der Waals surface area contributed by atoms with E-state index in [1.54, 1.807) is 4.90 Å². The van der Waals surface area contributed by atoms with Gasteiger partial charge in [0.25, 0.3) is 0 Å². The largest absolute Gasteiger partial charge is 0.488 e. The molecule has 24 heavy (non-hydrogen) atoms. The van der Waals surface area contributed by atoms with Gasteiger partial charge in [0, 0.05) is 5.41 Å². The molecule has 0 spiro atoms. The summed E-state index contributed by atoms with van der Waals surface area (Å²) in [6.07, 6.45) is 0. The van der Waals surface area contributed by atoms with Gasteiger partial charge in [-0.1, -0.05) is 56.3 Å². The smallest absolute Gasteiger partial charge is 0.137 e. The number of quaternary nitrogens is 2. The maximum Gasteiger partial charge on any atom is 0.137 e. The molecule has 1 aliphatic rings. The van der Waals surface area contributed by atoms with Crippen molar-refractivity contribution in [2.75, 3.05) is 39.3 Å². The molecule has 0 unspecified atom stereocenters.